The minimum absolute atomic E-state index is 0.0151. The quantitative estimate of drug-likeness (QED) is 0.0946. The van der Waals surface area contributed by atoms with Gasteiger partial charge in [-0.3, -0.25) is 4.79 Å². The van der Waals surface area contributed by atoms with Gasteiger partial charge in [-0.05, 0) is 58.1 Å². The van der Waals surface area contributed by atoms with Crippen molar-refractivity contribution in [2.24, 2.45) is 0 Å². The number of amides is 1. The monoisotopic (exact) mass is 741 g/mol. The van der Waals surface area contributed by atoms with E-state index >= 15 is 0 Å². The molecule has 0 saturated carbocycles. The van der Waals surface area contributed by atoms with Crippen molar-refractivity contribution >= 4 is 53.5 Å². The van der Waals surface area contributed by atoms with Crippen molar-refractivity contribution in [1.29, 1.82) is 0 Å². The van der Waals surface area contributed by atoms with Crippen molar-refractivity contribution in [1.82, 2.24) is 0 Å². The fourth-order valence-electron chi connectivity index (χ4n) is 5.99. The molecule has 1 unspecified atom stereocenters. The van der Waals surface area contributed by atoms with Crippen molar-refractivity contribution in [3.8, 4) is 5.75 Å². The van der Waals surface area contributed by atoms with E-state index in [-0.39, 0.29) is 40.1 Å². The Morgan fingerprint density at radius 2 is 1.31 bits per heavy atom. The van der Waals surface area contributed by atoms with E-state index < -0.39 is 55.1 Å². The third kappa shape index (κ3) is 8.63. The second-order valence-electron chi connectivity index (χ2n) is 12.5. The molecule has 0 aliphatic carbocycles. The summed E-state index contributed by atoms with van der Waals surface area (Å²) in [6, 6.07) is 24.1. The number of carbonyl (C=O) groups is 1. The lowest BCUT2D eigenvalue weighted by molar-refractivity contribution is -0.139. The van der Waals surface area contributed by atoms with Gasteiger partial charge in [-0.2, -0.15) is 26.3 Å². The number of hydrogen-bond donors (Lipinski definition) is 1. The van der Waals surface area contributed by atoms with Crippen molar-refractivity contribution in [2.45, 2.75) is 56.9 Å². The third-order valence-electron chi connectivity index (χ3n) is 8.25. The van der Waals surface area contributed by atoms with Crippen LogP contribution in [0.4, 0.5) is 32.0 Å². The summed E-state index contributed by atoms with van der Waals surface area (Å²) in [5.41, 5.74) is -2.81. The van der Waals surface area contributed by atoms with E-state index in [0.29, 0.717) is 6.07 Å². The molecule has 49 heavy (non-hydrogen) atoms. The number of ether oxygens (including phenoxy) is 1. The predicted octanol–water partition coefficient (Wildman–Crippen LogP) is 10.1. The fourth-order valence-corrected chi connectivity index (χ4v) is 10.9. The van der Waals surface area contributed by atoms with Gasteiger partial charge in [0.2, 0.25) is 5.91 Å². The summed E-state index contributed by atoms with van der Waals surface area (Å²) in [7, 11) is -1.91. The number of carbonyl (C=O) groups excluding carboxylic acids is 1. The number of alkyl halides is 6. The Labute approximate surface area is 292 Å². The lowest BCUT2D eigenvalue weighted by Crippen LogP contribution is -2.66. The summed E-state index contributed by atoms with van der Waals surface area (Å²) in [5.74, 6) is -2.62. The molecule has 0 heterocycles. The van der Waals surface area contributed by atoms with Crippen LogP contribution in [0.2, 0.25) is 15.1 Å². The SMILES string of the molecule is COc1cc(C(CCCO[Si](c2ccccc2)(c2ccccc2)C(C)(C)C)C(=O)Nc2cc(Cl)c(Cl)cc2C(F)(F)F)ccc1C(F)(F)F. The molecule has 262 valence electrons. The second kappa shape index (κ2) is 15.2. The van der Waals surface area contributed by atoms with Crippen LogP contribution < -0.4 is 20.4 Å². The number of anilines is 1. The van der Waals surface area contributed by atoms with Crippen LogP contribution in [-0.4, -0.2) is 27.9 Å². The van der Waals surface area contributed by atoms with Gasteiger partial charge in [-0.25, -0.2) is 0 Å². The molecule has 4 nitrogen and oxygen atoms in total. The highest BCUT2D eigenvalue weighted by Crippen LogP contribution is 2.42. The summed E-state index contributed by atoms with van der Waals surface area (Å²) in [6.07, 6.45) is -9.39. The molecule has 0 aliphatic rings. The predicted molar refractivity (Wildman–Crippen MR) is 184 cm³/mol. The molecule has 1 N–H and O–H groups in total. The van der Waals surface area contributed by atoms with Gasteiger partial charge in [0.25, 0.3) is 8.32 Å². The van der Waals surface area contributed by atoms with Crippen LogP contribution in [0.15, 0.2) is 91.0 Å². The molecular formula is C36H35Cl2F6NO3Si. The Kier molecular flexibility index (Phi) is 11.8. The highest BCUT2D eigenvalue weighted by Gasteiger charge is 2.50. The van der Waals surface area contributed by atoms with Crippen molar-refractivity contribution < 1.29 is 40.3 Å². The van der Waals surface area contributed by atoms with E-state index in [1.54, 1.807) is 0 Å². The van der Waals surface area contributed by atoms with E-state index in [1.165, 1.54) is 0 Å². The molecule has 0 aromatic heterocycles. The van der Waals surface area contributed by atoms with Gasteiger partial charge in [0.1, 0.15) is 5.75 Å². The van der Waals surface area contributed by atoms with Gasteiger partial charge in [-0.1, -0.05) is 111 Å². The Hall–Kier alpha value is -3.51. The van der Waals surface area contributed by atoms with Crippen LogP contribution in [0, 0.1) is 0 Å². The zero-order chi connectivity index (χ0) is 36.2. The summed E-state index contributed by atoms with van der Waals surface area (Å²) in [6.45, 7) is 6.44. The van der Waals surface area contributed by atoms with E-state index in [2.05, 4.69) is 26.1 Å². The molecule has 13 heteroatoms. The third-order valence-corrected chi connectivity index (χ3v) is 14.0. The number of halogens is 8. The zero-order valence-corrected chi connectivity index (χ0v) is 29.6. The van der Waals surface area contributed by atoms with Crippen LogP contribution >= 0.6 is 23.2 Å². The number of methoxy groups -OCH3 is 1. The first-order valence-electron chi connectivity index (χ1n) is 15.3. The molecule has 0 saturated heterocycles. The topological polar surface area (TPSA) is 47.6 Å². The molecule has 1 amide bonds. The first-order valence-corrected chi connectivity index (χ1v) is 17.9. The Morgan fingerprint density at radius 3 is 1.80 bits per heavy atom. The molecule has 0 fully saturated rings. The van der Waals surface area contributed by atoms with E-state index in [9.17, 15) is 31.1 Å². The number of hydrogen-bond acceptors (Lipinski definition) is 3. The van der Waals surface area contributed by atoms with Crippen LogP contribution in [-0.2, 0) is 21.6 Å². The second-order valence-corrected chi connectivity index (χ2v) is 17.6. The maximum absolute atomic E-state index is 13.9. The maximum atomic E-state index is 13.9. The minimum atomic E-state index is -4.90. The van der Waals surface area contributed by atoms with Gasteiger partial charge < -0.3 is 14.5 Å². The lowest BCUT2D eigenvalue weighted by Gasteiger charge is -2.43. The molecule has 0 spiro atoms. The standard InChI is InChI=1S/C36H35Cl2F6NO3Si/c1-34(2,3)49(24-12-7-5-8-13-24,25-14-9-6-10-15-25)48-19-11-16-26(23-17-18-27(35(39,40)41)32(20-23)47-4)33(46)45-31-22-30(38)29(37)21-28(31)36(42,43)44/h5-10,12-15,17-18,20-22,26H,11,16,19H2,1-4H3,(H,45,46). The molecule has 4 aromatic rings. The summed E-state index contributed by atoms with van der Waals surface area (Å²) >= 11 is 11.9. The van der Waals surface area contributed by atoms with E-state index in [0.717, 1.165) is 41.7 Å². The van der Waals surface area contributed by atoms with Gasteiger partial charge in [-0.15, -0.1) is 0 Å². The van der Waals surface area contributed by atoms with Crippen LogP contribution in [0.3, 0.4) is 0 Å². The van der Waals surface area contributed by atoms with Gasteiger partial charge in [0, 0.05) is 6.61 Å². The number of rotatable bonds is 11. The van der Waals surface area contributed by atoms with Crippen LogP contribution in [0.25, 0.3) is 0 Å². The summed E-state index contributed by atoms with van der Waals surface area (Å²) < 4.78 is 94.7. The smallest absolute Gasteiger partial charge is 0.419 e. The van der Waals surface area contributed by atoms with Gasteiger partial charge >= 0.3 is 12.4 Å². The molecule has 0 radical (unpaired) electrons. The van der Waals surface area contributed by atoms with Gasteiger partial charge in [0.15, 0.2) is 0 Å². The first-order chi connectivity index (χ1) is 22.9. The average molecular weight is 743 g/mol. The molecule has 4 rings (SSSR count). The highest BCUT2D eigenvalue weighted by molar-refractivity contribution is 6.99. The van der Waals surface area contributed by atoms with Crippen LogP contribution in [0.1, 0.15) is 56.2 Å². The molecule has 0 aliphatic heterocycles. The Morgan fingerprint density at radius 1 is 0.776 bits per heavy atom. The highest BCUT2D eigenvalue weighted by atomic mass is 35.5. The Bertz CT molecular complexity index is 1710. The van der Waals surface area contributed by atoms with E-state index in [1.807, 2.05) is 60.7 Å². The number of benzene rings is 4. The fraction of sp³-hybridized carbons (Fsp3) is 0.306. The molecule has 0 bridgehead atoms. The largest absolute Gasteiger partial charge is 0.496 e. The van der Waals surface area contributed by atoms with Gasteiger partial charge in [0.05, 0.1) is 39.9 Å². The van der Waals surface area contributed by atoms with E-state index in [4.69, 9.17) is 32.4 Å². The lowest BCUT2D eigenvalue weighted by atomic mass is 9.92. The summed E-state index contributed by atoms with van der Waals surface area (Å²) in [4.78, 5) is 13.8. The van der Waals surface area contributed by atoms with Crippen LogP contribution in [0.5, 0.6) is 5.75 Å². The Balaban J connectivity index is 1.71. The molecule has 1 atom stereocenters. The minimum Gasteiger partial charge on any atom is -0.496 e. The molecule has 4 aromatic carbocycles. The normalized spacial score (nSPS) is 13.2. The molecular weight excluding hydrogens is 707 g/mol. The van der Waals surface area contributed by atoms with Crippen molar-refractivity contribution in [2.75, 3.05) is 19.0 Å². The average Bonchev–Trinajstić information content (AvgIpc) is 3.03. The first kappa shape index (κ1) is 38.3. The maximum Gasteiger partial charge on any atom is 0.419 e. The summed E-state index contributed by atoms with van der Waals surface area (Å²) in [5, 5.41) is 3.41. The van der Waals surface area contributed by atoms with Crippen molar-refractivity contribution in [3.63, 3.8) is 0 Å². The number of nitrogens with one attached hydrogen (secondary N) is 1. The van der Waals surface area contributed by atoms with Crippen molar-refractivity contribution in [3.05, 3.63) is 118 Å². The zero-order valence-electron chi connectivity index (χ0n) is 27.1.